The SMILES string of the molecule is COC(=O)NC1CCN(c2cc(C)nc(NN)n2)C1. The van der Waals surface area contributed by atoms with E-state index < -0.39 is 6.09 Å². The maximum Gasteiger partial charge on any atom is 0.407 e. The van der Waals surface area contributed by atoms with Crippen LogP contribution in [0.1, 0.15) is 12.1 Å². The van der Waals surface area contributed by atoms with Crippen LogP contribution in [0, 0.1) is 6.92 Å². The third-order valence-corrected chi connectivity index (χ3v) is 2.99. The number of nitrogens with two attached hydrogens (primary N) is 1. The molecule has 0 radical (unpaired) electrons. The minimum absolute atomic E-state index is 0.0667. The molecule has 1 fully saturated rings. The molecule has 2 rings (SSSR count). The van der Waals surface area contributed by atoms with Crippen LogP contribution in [0.15, 0.2) is 6.07 Å². The monoisotopic (exact) mass is 266 g/mol. The summed E-state index contributed by atoms with van der Waals surface area (Å²) in [6.45, 7) is 3.39. The van der Waals surface area contributed by atoms with Crippen LogP contribution in [0.2, 0.25) is 0 Å². The van der Waals surface area contributed by atoms with Crippen molar-refractivity contribution in [1.29, 1.82) is 0 Å². The van der Waals surface area contributed by atoms with Crippen molar-refractivity contribution in [2.75, 3.05) is 30.5 Å². The van der Waals surface area contributed by atoms with Gasteiger partial charge in [0.05, 0.1) is 13.2 Å². The first kappa shape index (κ1) is 13.3. The molecule has 1 aliphatic rings. The smallest absolute Gasteiger partial charge is 0.407 e. The van der Waals surface area contributed by atoms with Gasteiger partial charge in [-0.2, -0.15) is 4.98 Å². The summed E-state index contributed by atoms with van der Waals surface area (Å²) in [4.78, 5) is 21.7. The summed E-state index contributed by atoms with van der Waals surface area (Å²) in [6.07, 6.45) is 0.443. The molecule has 1 aromatic heterocycles. The zero-order valence-electron chi connectivity index (χ0n) is 11.0. The van der Waals surface area contributed by atoms with Gasteiger partial charge in [-0.3, -0.25) is 5.43 Å². The molecule has 1 aromatic rings. The van der Waals surface area contributed by atoms with Crippen molar-refractivity contribution in [2.24, 2.45) is 5.84 Å². The Hall–Kier alpha value is -2.09. The zero-order valence-corrected chi connectivity index (χ0v) is 11.0. The molecule has 8 nitrogen and oxygen atoms in total. The quantitative estimate of drug-likeness (QED) is 0.522. The number of amides is 1. The predicted molar refractivity (Wildman–Crippen MR) is 70.7 cm³/mol. The summed E-state index contributed by atoms with van der Waals surface area (Å²) in [5.41, 5.74) is 3.28. The summed E-state index contributed by atoms with van der Waals surface area (Å²) in [6, 6.07) is 1.96. The van der Waals surface area contributed by atoms with Crippen LogP contribution >= 0.6 is 0 Å². The Morgan fingerprint density at radius 1 is 1.58 bits per heavy atom. The molecular formula is C11H18N6O2. The van der Waals surface area contributed by atoms with E-state index >= 15 is 0 Å². The average Bonchev–Trinajstić information content (AvgIpc) is 2.86. The van der Waals surface area contributed by atoms with Crippen molar-refractivity contribution in [3.63, 3.8) is 0 Å². The zero-order chi connectivity index (χ0) is 13.8. The number of carbonyl (C=O) groups excluding carboxylic acids is 1. The Kier molecular flexibility index (Phi) is 4.00. The van der Waals surface area contributed by atoms with Crippen molar-refractivity contribution >= 4 is 17.9 Å². The molecule has 0 spiro atoms. The first-order valence-electron chi connectivity index (χ1n) is 6.04. The highest BCUT2D eigenvalue weighted by Gasteiger charge is 2.25. The third-order valence-electron chi connectivity index (χ3n) is 2.99. The van der Waals surface area contributed by atoms with Crippen LogP contribution < -0.4 is 21.5 Å². The molecule has 0 aromatic carbocycles. The van der Waals surface area contributed by atoms with Crippen LogP contribution in [0.4, 0.5) is 16.6 Å². The van der Waals surface area contributed by atoms with Gasteiger partial charge in [-0.15, -0.1) is 0 Å². The molecule has 1 amide bonds. The maximum atomic E-state index is 11.2. The van der Waals surface area contributed by atoms with Crippen LogP contribution in [0.25, 0.3) is 0 Å². The highest BCUT2D eigenvalue weighted by Crippen LogP contribution is 2.20. The Labute approximate surface area is 111 Å². The first-order valence-corrected chi connectivity index (χ1v) is 6.04. The number of aromatic nitrogens is 2. The lowest BCUT2D eigenvalue weighted by molar-refractivity contribution is 0.167. The Bertz CT molecular complexity index is 466. The lowest BCUT2D eigenvalue weighted by Gasteiger charge is -2.18. The molecule has 1 unspecified atom stereocenters. The fourth-order valence-electron chi connectivity index (χ4n) is 2.09. The topological polar surface area (TPSA) is 105 Å². The number of nitrogens with one attached hydrogen (secondary N) is 2. The minimum atomic E-state index is -0.407. The molecule has 8 heteroatoms. The first-order chi connectivity index (χ1) is 9.12. The number of alkyl carbamates (subject to hydrolysis) is 1. The number of methoxy groups -OCH3 is 1. The van der Waals surface area contributed by atoms with Crippen molar-refractivity contribution in [1.82, 2.24) is 15.3 Å². The number of hydrazine groups is 1. The van der Waals surface area contributed by atoms with Crippen LogP contribution in [-0.4, -0.2) is 42.3 Å². The van der Waals surface area contributed by atoms with E-state index in [-0.39, 0.29) is 6.04 Å². The molecular weight excluding hydrogens is 248 g/mol. The second-order valence-corrected chi connectivity index (χ2v) is 4.40. The molecule has 4 N–H and O–H groups in total. The fourth-order valence-corrected chi connectivity index (χ4v) is 2.09. The number of ether oxygens (including phenoxy) is 1. The number of rotatable bonds is 3. The van der Waals surface area contributed by atoms with Gasteiger partial charge in [0, 0.05) is 24.8 Å². The number of hydrogen-bond acceptors (Lipinski definition) is 7. The van der Waals surface area contributed by atoms with E-state index in [1.54, 1.807) is 0 Å². The lowest BCUT2D eigenvalue weighted by atomic mass is 10.3. The molecule has 2 heterocycles. The Morgan fingerprint density at radius 2 is 2.37 bits per heavy atom. The minimum Gasteiger partial charge on any atom is -0.453 e. The van der Waals surface area contributed by atoms with E-state index in [1.165, 1.54) is 7.11 Å². The Morgan fingerprint density at radius 3 is 3.05 bits per heavy atom. The number of nitrogen functional groups attached to an aromatic ring is 1. The van der Waals surface area contributed by atoms with Gasteiger partial charge in [-0.1, -0.05) is 0 Å². The third kappa shape index (κ3) is 3.22. The number of aryl methyl sites for hydroxylation is 1. The van der Waals surface area contributed by atoms with Crippen molar-refractivity contribution < 1.29 is 9.53 Å². The van der Waals surface area contributed by atoms with Gasteiger partial charge in [0.15, 0.2) is 0 Å². The summed E-state index contributed by atoms with van der Waals surface area (Å²) in [5.74, 6) is 6.52. The van der Waals surface area contributed by atoms with Crippen LogP contribution in [0.3, 0.4) is 0 Å². The standard InChI is InChI=1S/C11H18N6O2/c1-7-5-9(15-10(13-7)16-12)17-4-3-8(6-17)14-11(18)19-2/h5,8H,3-4,6,12H2,1-2H3,(H,14,18)(H,13,15,16). The fraction of sp³-hybridized carbons (Fsp3) is 0.545. The summed E-state index contributed by atoms with van der Waals surface area (Å²) < 4.78 is 4.59. The highest BCUT2D eigenvalue weighted by atomic mass is 16.5. The van der Waals surface area contributed by atoms with E-state index in [4.69, 9.17) is 5.84 Å². The van der Waals surface area contributed by atoms with Crippen molar-refractivity contribution in [2.45, 2.75) is 19.4 Å². The van der Waals surface area contributed by atoms with Gasteiger partial charge >= 0.3 is 6.09 Å². The Balaban J connectivity index is 2.04. The normalized spacial score (nSPS) is 18.3. The molecule has 1 atom stereocenters. The number of hydrogen-bond donors (Lipinski definition) is 3. The van der Waals surface area contributed by atoms with Crippen LogP contribution in [-0.2, 0) is 4.74 Å². The predicted octanol–water partition coefficient (Wildman–Crippen LogP) is 0.00532. The summed E-state index contributed by atoms with van der Waals surface area (Å²) in [7, 11) is 1.36. The molecule has 19 heavy (non-hydrogen) atoms. The van der Waals surface area contributed by atoms with Crippen molar-refractivity contribution in [3.05, 3.63) is 11.8 Å². The molecule has 104 valence electrons. The van der Waals surface area contributed by atoms with E-state index in [0.29, 0.717) is 12.5 Å². The van der Waals surface area contributed by atoms with E-state index in [1.807, 2.05) is 13.0 Å². The van der Waals surface area contributed by atoms with Crippen LogP contribution in [0.5, 0.6) is 0 Å². The van der Waals surface area contributed by atoms with E-state index in [9.17, 15) is 4.79 Å². The van der Waals surface area contributed by atoms with Gasteiger partial charge in [-0.05, 0) is 13.3 Å². The second kappa shape index (κ2) is 5.70. The summed E-state index contributed by atoms with van der Waals surface area (Å²) >= 11 is 0. The van der Waals surface area contributed by atoms with Gasteiger partial charge < -0.3 is 15.0 Å². The second-order valence-electron chi connectivity index (χ2n) is 4.40. The lowest BCUT2D eigenvalue weighted by Crippen LogP contribution is -2.37. The largest absolute Gasteiger partial charge is 0.453 e. The average molecular weight is 266 g/mol. The van der Waals surface area contributed by atoms with E-state index in [2.05, 4.69) is 30.3 Å². The number of nitrogens with zero attached hydrogens (tertiary/aromatic N) is 3. The highest BCUT2D eigenvalue weighted by molar-refractivity contribution is 5.67. The van der Waals surface area contributed by atoms with Gasteiger partial charge in [0.1, 0.15) is 5.82 Å². The molecule has 0 saturated carbocycles. The van der Waals surface area contributed by atoms with Gasteiger partial charge in [0.25, 0.3) is 0 Å². The molecule has 0 aliphatic carbocycles. The molecule has 1 aliphatic heterocycles. The number of anilines is 2. The van der Waals surface area contributed by atoms with E-state index in [0.717, 1.165) is 24.5 Å². The summed E-state index contributed by atoms with van der Waals surface area (Å²) in [5, 5.41) is 2.78. The molecule has 0 bridgehead atoms. The van der Waals surface area contributed by atoms with Crippen molar-refractivity contribution in [3.8, 4) is 0 Å². The molecule has 1 saturated heterocycles. The van der Waals surface area contributed by atoms with Gasteiger partial charge in [-0.25, -0.2) is 15.6 Å². The number of carbonyl (C=O) groups is 1. The van der Waals surface area contributed by atoms with Gasteiger partial charge in [0.2, 0.25) is 5.95 Å². The maximum absolute atomic E-state index is 11.2.